The summed E-state index contributed by atoms with van der Waals surface area (Å²) in [6.45, 7) is 4.25. The van der Waals surface area contributed by atoms with Gasteiger partial charge < -0.3 is 4.74 Å². The van der Waals surface area contributed by atoms with Crippen molar-refractivity contribution in [1.82, 2.24) is 9.88 Å². The van der Waals surface area contributed by atoms with Crippen molar-refractivity contribution >= 4 is 38.4 Å². The number of benzene rings is 3. The third kappa shape index (κ3) is 5.01. The Balaban J connectivity index is 1.26. The normalized spacial score (nSPS) is 14.3. The van der Waals surface area contributed by atoms with Crippen LogP contribution >= 0.6 is 11.3 Å². The van der Waals surface area contributed by atoms with Gasteiger partial charge in [0.05, 0.1) is 23.4 Å². The molecule has 1 N–H and O–H groups in total. The Labute approximate surface area is 195 Å². The number of anilines is 1. The lowest BCUT2D eigenvalue weighted by Gasteiger charge is -2.26. The lowest BCUT2D eigenvalue weighted by molar-refractivity contribution is 0.0342. The third-order valence-corrected chi connectivity index (χ3v) is 6.57. The number of ketones is 1. The lowest BCUT2D eigenvalue weighted by atomic mass is 10.0. The highest BCUT2D eigenvalue weighted by molar-refractivity contribution is 7.22. The first-order chi connectivity index (χ1) is 16.2. The number of nitrogens with one attached hydrogen (secondary N) is 1. The Morgan fingerprint density at radius 3 is 2.39 bits per heavy atom. The van der Waals surface area contributed by atoms with Gasteiger partial charge in [-0.25, -0.2) is 4.98 Å². The molecule has 1 saturated heterocycles. The summed E-state index contributed by atoms with van der Waals surface area (Å²) in [6, 6.07) is 22.3. The van der Waals surface area contributed by atoms with Crippen LogP contribution in [0.2, 0.25) is 0 Å². The van der Waals surface area contributed by atoms with Crippen LogP contribution in [0, 0.1) is 0 Å². The average Bonchev–Trinajstić information content (AvgIpc) is 3.26. The van der Waals surface area contributed by atoms with E-state index in [1.807, 2.05) is 54.6 Å². The molecule has 0 radical (unpaired) electrons. The second-order valence-corrected chi connectivity index (χ2v) is 8.97. The van der Waals surface area contributed by atoms with Crippen molar-refractivity contribution in [2.24, 2.45) is 0 Å². The fourth-order valence-corrected chi connectivity index (χ4v) is 4.72. The van der Waals surface area contributed by atoms with Crippen LogP contribution in [-0.4, -0.2) is 47.9 Å². The molecule has 1 aromatic heterocycles. The van der Waals surface area contributed by atoms with Crippen molar-refractivity contribution in [3.8, 4) is 0 Å². The van der Waals surface area contributed by atoms with Gasteiger partial charge in [-0.15, -0.1) is 0 Å². The van der Waals surface area contributed by atoms with Gasteiger partial charge in [-0.3, -0.25) is 19.8 Å². The number of rotatable bonds is 6. The van der Waals surface area contributed by atoms with E-state index in [2.05, 4.69) is 15.2 Å². The highest BCUT2D eigenvalue weighted by Crippen LogP contribution is 2.28. The maximum absolute atomic E-state index is 12.7. The van der Waals surface area contributed by atoms with Crippen LogP contribution in [0.4, 0.5) is 5.13 Å². The van der Waals surface area contributed by atoms with E-state index >= 15 is 0 Å². The van der Waals surface area contributed by atoms with Crippen LogP contribution in [0.25, 0.3) is 10.2 Å². The van der Waals surface area contributed by atoms with Crippen LogP contribution in [0.15, 0.2) is 72.8 Å². The molecular formula is C26H23N3O3S. The largest absolute Gasteiger partial charge is 0.379 e. The molecule has 0 bridgehead atoms. The summed E-state index contributed by atoms with van der Waals surface area (Å²) in [7, 11) is 0. The van der Waals surface area contributed by atoms with Crippen LogP contribution in [0.1, 0.15) is 31.8 Å². The van der Waals surface area contributed by atoms with E-state index in [0.717, 1.165) is 43.1 Å². The highest BCUT2D eigenvalue weighted by Gasteiger charge is 2.14. The van der Waals surface area contributed by atoms with E-state index in [1.54, 1.807) is 18.2 Å². The molecule has 1 amide bonds. The van der Waals surface area contributed by atoms with E-state index in [9.17, 15) is 9.59 Å². The van der Waals surface area contributed by atoms with Crippen molar-refractivity contribution in [3.63, 3.8) is 0 Å². The van der Waals surface area contributed by atoms with Crippen molar-refractivity contribution < 1.29 is 14.3 Å². The number of hydrogen-bond acceptors (Lipinski definition) is 6. The Hall–Kier alpha value is -3.39. The maximum atomic E-state index is 12.7. The quantitative estimate of drug-likeness (QED) is 0.428. The topological polar surface area (TPSA) is 71.5 Å². The zero-order valence-corrected chi connectivity index (χ0v) is 18.8. The number of nitrogens with zero attached hydrogens (tertiary/aromatic N) is 2. The van der Waals surface area contributed by atoms with Crippen LogP contribution in [0.5, 0.6) is 0 Å². The summed E-state index contributed by atoms with van der Waals surface area (Å²) in [5.74, 6) is -0.235. The van der Waals surface area contributed by atoms with Gasteiger partial charge in [0.2, 0.25) is 0 Å². The number of hydrogen-bond donors (Lipinski definition) is 1. The Bertz CT molecular complexity index is 1280. The van der Waals surface area contributed by atoms with E-state index in [1.165, 1.54) is 16.9 Å². The minimum Gasteiger partial charge on any atom is -0.379 e. The summed E-state index contributed by atoms with van der Waals surface area (Å²) in [6.07, 6.45) is 0. The molecule has 1 aliphatic heterocycles. The number of amides is 1. The second kappa shape index (κ2) is 9.62. The SMILES string of the molecule is O=C(Nc1nc2ccc(C(=O)c3ccccc3)cc2s1)c1ccc(CN2CCOCC2)cc1. The molecule has 7 heteroatoms. The lowest BCUT2D eigenvalue weighted by Crippen LogP contribution is -2.35. The first kappa shape index (κ1) is 21.5. The Morgan fingerprint density at radius 2 is 1.64 bits per heavy atom. The maximum Gasteiger partial charge on any atom is 0.257 e. The van der Waals surface area contributed by atoms with Crippen molar-refractivity contribution in [3.05, 3.63) is 95.1 Å². The van der Waals surface area contributed by atoms with Gasteiger partial charge in [-0.2, -0.15) is 0 Å². The van der Waals surface area contributed by atoms with E-state index in [4.69, 9.17) is 4.74 Å². The first-order valence-electron chi connectivity index (χ1n) is 10.9. The minimum absolute atomic E-state index is 0.0337. The molecule has 0 unspecified atom stereocenters. The molecule has 0 atom stereocenters. The minimum atomic E-state index is -0.201. The molecule has 0 aliphatic carbocycles. The molecule has 2 heterocycles. The number of carbonyl (C=O) groups is 2. The van der Waals surface area contributed by atoms with Crippen LogP contribution in [-0.2, 0) is 11.3 Å². The zero-order valence-electron chi connectivity index (χ0n) is 18.0. The van der Waals surface area contributed by atoms with Crippen molar-refractivity contribution in [2.75, 3.05) is 31.6 Å². The summed E-state index contributed by atoms with van der Waals surface area (Å²) in [5, 5.41) is 3.40. The monoisotopic (exact) mass is 457 g/mol. The summed E-state index contributed by atoms with van der Waals surface area (Å²) < 4.78 is 6.24. The first-order valence-corrected chi connectivity index (χ1v) is 11.7. The van der Waals surface area contributed by atoms with Gasteiger partial charge in [-0.1, -0.05) is 53.8 Å². The molecular weight excluding hydrogens is 434 g/mol. The average molecular weight is 458 g/mol. The van der Waals surface area contributed by atoms with Crippen molar-refractivity contribution in [2.45, 2.75) is 6.54 Å². The zero-order chi connectivity index (χ0) is 22.6. The summed E-state index contributed by atoms with van der Waals surface area (Å²) >= 11 is 1.36. The predicted octanol–water partition coefficient (Wildman–Crippen LogP) is 4.61. The predicted molar refractivity (Wildman–Crippen MR) is 130 cm³/mol. The fourth-order valence-electron chi connectivity index (χ4n) is 3.82. The van der Waals surface area contributed by atoms with Gasteiger partial charge in [0.25, 0.3) is 5.91 Å². The molecule has 4 aromatic rings. The summed E-state index contributed by atoms with van der Waals surface area (Å²) in [4.78, 5) is 32.3. The molecule has 1 aliphatic rings. The molecule has 166 valence electrons. The van der Waals surface area contributed by atoms with E-state index < -0.39 is 0 Å². The number of fused-ring (bicyclic) bond motifs is 1. The van der Waals surface area contributed by atoms with Gasteiger partial charge in [0.15, 0.2) is 10.9 Å². The van der Waals surface area contributed by atoms with Gasteiger partial charge in [-0.05, 0) is 35.9 Å². The number of carbonyl (C=O) groups excluding carboxylic acids is 2. The number of aromatic nitrogens is 1. The smallest absolute Gasteiger partial charge is 0.257 e. The number of morpholine rings is 1. The third-order valence-electron chi connectivity index (χ3n) is 5.63. The Morgan fingerprint density at radius 1 is 0.909 bits per heavy atom. The summed E-state index contributed by atoms with van der Waals surface area (Å²) in [5.41, 5.74) is 3.75. The molecule has 0 saturated carbocycles. The number of thiazole rings is 1. The molecule has 1 fully saturated rings. The number of ether oxygens (including phenoxy) is 1. The standard InChI is InChI=1S/C26H23N3O3S/c30-24(19-4-2-1-3-5-19)21-10-11-22-23(16-21)33-26(27-22)28-25(31)20-8-6-18(7-9-20)17-29-12-14-32-15-13-29/h1-11,16H,12-15,17H2,(H,27,28,31). The van der Waals surface area contributed by atoms with Gasteiger partial charge in [0, 0.05) is 36.3 Å². The molecule has 5 rings (SSSR count). The Kier molecular flexibility index (Phi) is 6.26. The fraction of sp³-hybridized carbons (Fsp3) is 0.192. The molecule has 6 nitrogen and oxygen atoms in total. The van der Waals surface area contributed by atoms with Crippen LogP contribution < -0.4 is 5.32 Å². The van der Waals surface area contributed by atoms with E-state index in [0.29, 0.717) is 21.8 Å². The van der Waals surface area contributed by atoms with E-state index in [-0.39, 0.29) is 11.7 Å². The van der Waals surface area contributed by atoms with Crippen LogP contribution in [0.3, 0.4) is 0 Å². The second-order valence-electron chi connectivity index (χ2n) is 7.94. The highest BCUT2D eigenvalue weighted by atomic mass is 32.1. The molecule has 0 spiro atoms. The molecule has 3 aromatic carbocycles. The van der Waals surface area contributed by atoms with Gasteiger partial charge in [0.1, 0.15) is 0 Å². The molecule has 33 heavy (non-hydrogen) atoms. The van der Waals surface area contributed by atoms with Gasteiger partial charge >= 0.3 is 0 Å². The van der Waals surface area contributed by atoms with Crippen molar-refractivity contribution in [1.29, 1.82) is 0 Å².